The fraction of sp³-hybridized carbons (Fsp3) is 0.0938. The van der Waals surface area contributed by atoms with E-state index in [2.05, 4.69) is 40.6 Å². The van der Waals surface area contributed by atoms with Gasteiger partial charge in [0.05, 0.1) is 17.9 Å². The fourth-order valence-corrected chi connectivity index (χ4v) is 3.97. The maximum absolute atomic E-state index is 12.5. The minimum atomic E-state index is -0.542. The van der Waals surface area contributed by atoms with Crippen LogP contribution in [0.1, 0.15) is 32.2 Å². The molecule has 0 aliphatic rings. The van der Waals surface area contributed by atoms with Crippen molar-refractivity contribution in [1.29, 1.82) is 0 Å². The van der Waals surface area contributed by atoms with E-state index < -0.39 is 11.8 Å². The second kappa shape index (κ2) is 11.4. The number of amides is 2. The van der Waals surface area contributed by atoms with Crippen molar-refractivity contribution in [2.75, 3.05) is 6.61 Å². The van der Waals surface area contributed by atoms with Gasteiger partial charge in [0.15, 0.2) is 0 Å². The van der Waals surface area contributed by atoms with E-state index >= 15 is 0 Å². The van der Waals surface area contributed by atoms with Crippen LogP contribution in [0, 0.1) is 13.0 Å². The van der Waals surface area contributed by atoms with Gasteiger partial charge in [-0.25, -0.2) is 4.98 Å². The molecule has 187 valence electrons. The molecule has 0 saturated carbocycles. The van der Waals surface area contributed by atoms with Crippen LogP contribution in [-0.2, 0) is 6.42 Å². The number of rotatable bonds is 8. The molecule has 6 nitrogen and oxygen atoms in total. The summed E-state index contributed by atoms with van der Waals surface area (Å²) in [6.07, 6.45) is 0.522. The summed E-state index contributed by atoms with van der Waals surface area (Å²) in [5.41, 5.74) is 4.60. The third kappa shape index (κ3) is 5.87. The molecule has 5 aromatic rings. The Morgan fingerprint density at radius 2 is 1.45 bits per heavy atom. The van der Waals surface area contributed by atoms with Crippen molar-refractivity contribution >= 4 is 11.8 Å². The van der Waals surface area contributed by atoms with Crippen molar-refractivity contribution in [3.63, 3.8) is 0 Å². The van der Waals surface area contributed by atoms with Crippen LogP contribution in [-0.4, -0.2) is 23.4 Å². The first kappa shape index (κ1) is 24.7. The van der Waals surface area contributed by atoms with E-state index in [1.165, 1.54) is 0 Å². The maximum atomic E-state index is 12.5. The quantitative estimate of drug-likeness (QED) is 0.252. The molecule has 0 unspecified atom stereocenters. The lowest BCUT2D eigenvalue weighted by atomic mass is 10.0. The van der Waals surface area contributed by atoms with Crippen LogP contribution in [0.5, 0.6) is 5.75 Å². The molecule has 1 radical (unpaired) electrons. The molecule has 5 rings (SSSR count). The zero-order valence-electron chi connectivity index (χ0n) is 20.8. The molecule has 0 aliphatic carbocycles. The Labute approximate surface area is 220 Å². The third-order valence-corrected chi connectivity index (χ3v) is 6.00. The van der Waals surface area contributed by atoms with Gasteiger partial charge in [0.1, 0.15) is 11.5 Å². The van der Waals surface area contributed by atoms with E-state index in [1.807, 2.05) is 37.3 Å². The maximum Gasteiger partial charge on any atom is 0.258 e. The first-order chi connectivity index (χ1) is 18.6. The molecule has 6 heteroatoms. The van der Waals surface area contributed by atoms with Gasteiger partial charge in [-0.2, -0.15) is 0 Å². The largest absolute Gasteiger partial charge is 0.493 e. The Bertz CT molecular complexity index is 1540. The van der Waals surface area contributed by atoms with E-state index in [0.29, 0.717) is 30.2 Å². The van der Waals surface area contributed by atoms with Crippen molar-refractivity contribution in [2.24, 2.45) is 0 Å². The van der Waals surface area contributed by atoms with E-state index in [1.54, 1.807) is 48.5 Å². The topological polar surface area (TPSA) is 81.4 Å². The van der Waals surface area contributed by atoms with Crippen LogP contribution in [0.15, 0.2) is 108 Å². The number of nitrogens with one attached hydrogen (secondary N) is 1. The van der Waals surface area contributed by atoms with Crippen molar-refractivity contribution < 1.29 is 18.7 Å². The lowest BCUT2D eigenvalue weighted by Gasteiger charge is -2.07. The number of carbonyl (C=O) groups is 2. The lowest BCUT2D eigenvalue weighted by molar-refractivity contribution is 0.0848. The summed E-state index contributed by atoms with van der Waals surface area (Å²) in [7, 11) is 0. The molecule has 0 fully saturated rings. The van der Waals surface area contributed by atoms with Crippen LogP contribution in [0.3, 0.4) is 0 Å². The van der Waals surface area contributed by atoms with Crippen LogP contribution in [0.25, 0.3) is 22.6 Å². The Hall–Kier alpha value is -4.97. The predicted molar refractivity (Wildman–Crippen MR) is 145 cm³/mol. The average molecular weight is 502 g/mol. The normalized spacial score (nSPS) is 10.7. The summed E-state index contributed by atoms with van der Waals surface area (Å²) in [6.45, 7) is 2.20. The molecule has 1 N–H and O–H groups in total. The molecule has 0 bridgehead atoms. The van der Waals surface area contributed by atoms with Gasteiger partial charge in [0.2, 0.25) is 5.89 Å². The number of hydrogen-bond acceptors (Lipinski definition) is 5. The molecule has 0 saturated heterocycles. The van der Waals surface area contributed by atoms with Crippen molar-refractivity contribution in [2.45, 2.75) is 13.3 Å². The van der Waals surface area contributed by atoms with Gasteiger partial charge in [-0.15, -0.1) is 0 Å². The minimum Gasteiger partial charge on any atom is -0.493 e. The molecule has 1 aromatic heterocycles. The highest BCUT2D eigenvalue weighted by atomic mass is 16.5. The Morgan fingerprint density at radius 1 is 0.789 bits per heavy atom. The number of nitrogens with zero attached hydrogens (tertiary/aromatic N) is 1. The zero-order valence-corrected chi connectivity index (χ0v) is 20.8. The Morgan fingerprint density at radius 3 is 2.18 bits per heavy atom. The first-order valence-corrected chi connectivity index (χ1v) is 12.2. The van der Waals surface area contributed by atoms with E-state index in [0.717, 1.165) is 28.1 Å². The molecular formula is C32H25N2O4. The van der Waals surface area contributed by atoms with Crippen molar-refractivity contribution in [1.82, 2.24) is 10.3 Å². The third-order valence-electron chi connectivity index (χ3n) is 6.00. The first-order valence-electron chi connectivity index (χ1n) is 12.2. The number of oxazole rings is 1. The van der Waals surface area contributed by atoms with Crippen molar-refractivity contribution in [3.8, 4) is 28.3 Å². The van der Waals surface area contributed by atoms with Crippen LogP contribution < -0.4 is 10.1 Å². The molecule has 38 heavy (non-hydrogen) atoms. The molecule has 0 spiro atoms. The molecule has 2 amide bonds. The van der Waals surface area contributed by atoms with Gasteiger partial charge in [-0.1, -0.05) is 66.7 Å². The van der Waals surface area contributed by atoms with E-state index in [9.17, 15) is 9.59 Å². The van der Waals surface area contributed by atoms with Gasteiger partial charge in [0.25, 0.3) is 11.8 Å². The van der Waals surface area contributed by atoms with Gasteiger partial charge in [-0.3, -0.25) is 14.9 Å². The average Bonchev–Trinajstić information content (AvgIpc) is 3.34. The zero-order chi connectivity index (χ0) is 26.3. The SMILES string of the molecule is Cc1oc(-c2ccc(-c3ccccc3)cc2)nc1CCOc1[c]c(C(=O)NC(=O)c2ccccc2)ccc1. The smallest absolute Gasteiger partial charge is 0.258 e. The molecule has 0 atom stereocenters. The van der Waals surface area contributed by atoms with Crippen LogP contribution in [0.2, 0.25) is 0 Å². The summed E-state index contributed by atoms with van der Waals surface area (Å²) in [4.78, 5) is 29.4. The number of carbonyl (C=O) groups excluding carboxylic acids is 2. The summed E-state index contributed by atoms with van der Waals surface area (Å²) in [6, 6.07) is 34.8. The second-order valence-electron chi connectivity index (χ2n) is 8.64. The molecule has 0 aliphatic heterocycles. The summed E-state index contributed by atoms with van der Waals surface area (Å²) < 4.78 is 11.7. The predicted octanol–water partition coefficient (Wildman–Crippen LogP) is 6.31. The number of benzene rings is 4. The highest BCUT2D eigenvalue weighted by Crippen LogP contribution is 2.26. The van der Waals surface area contributed by atoms with E-state index in [-0.39, 0.29) is 5.56 Å². The number of aromatic nitrogens is 1. The van der Waals surface area contributed by atoms with Crippen LogP contribution >= 0.6 is 0 Å². The number of imide groups is 1. The number of hydrogen-bond donors (Lipinski definition) is 1. The second-order valence-corrected chi connectivity index (χ2v) is 8.64. The van der Waals surface area contributed by atoms with Gasteiger partial charge >= 0.3 is 0 Å². The number of aryl methyl sites for hydroxylation is 1. The van der Waals surface area contributed by atoms with Gasteiger partial charge in [0, 0.05) is 23.6 Å². The van der Waals surface area contributed by atoms with Gasteiger partial charge in [-0.05, 0) is 54.4 Å². The monoisotopic (exact) mass is 501 g/mol. The summed E-state index contributed by atoms with van der Waals surface area (Å²) in [5.74, 6) is 0.683. The number of ether oxygens (including phenoxy) is 1. The Balaban J connectivity index is 1.18. The highest BCUT2D eigenvalue weighted by molar-refractivity contribution is 6.10. The fourth-order valence-electron chi connectivity index (χ4n) is 3.97. The molecule has 4 aromatic carbocycles. The minimum absolute atomic E-state index is 0.214. The van der Waals surface area contributed by atoms with E-state index in [4.69, 9.17) is 9.15 Å². The molecular weight excluding hydrogens is 476 g/mol. The summed E-state index contributed by atoms with van der Waals surface area (Å²) in [5, 5.41) is 2.37. The Kier molecular flexibility index (Phi) is 7.41. The van der Waals surface area contributed by atoms with Gasteiger partial charge < -0.3 is 9.15 Å². The van der Waals surface area contributed by atoms with Crippen LogP contribution in [0.4, 0.5) is 0 Å². The highest BCUT2D eigenvalue weighted by Gasteiger charge is 2.14. The standard InChI is InChI=1S/C32H25N2O4/c1-22-29(33-32(38-22)26-17-15-24(16-18-26)23-9-4-2-5-10-23)19-20-37-28-14-8-13-27(21-28)31(36)34-30(35)25-11-6-3-7-12-25/h2-18H,19-20H2,1H3,(H,34,35,36). The van der Waals surface area contributed by atoms with Crippen molar-refractivity contribution in [3.05, 3.63) is 132 Å². The lowest BCUT2D eigenvalue weighted by Crippen LogP contribution is -2.30. The summed E-state index contributed by atoms with van der Waals surface area (Å²) >= 11 is 0. The molecule has 1 heterocycles.